The molecule has 0 aliphatic carbocycles. The number of carbonyl (C=O) groups is 1. The van der Waals surface area contributed by atoms with Gasteiger partial charge < -0.3 is 9.72 Å². The number of aryl methyl sites for hydroxylation is 1. The van der Waals surface area contributed by atoms with Gasteiger partial charge in [0.05, 0.1) is 6.61 Å². The first-order valence-electron chi connectivity index (χ1n) is 5.51. The molecule has 1 heterocycles. The van der Waals surface area contributed by atoms with Crippen LogP contribution in [0.3, 0.4) is 0 Å². The number of H-pyrrole nitrogens is 1. The number of carbonyl (C=O) groups excluding carboxylic acids is 1. The Kier molecular flexibility index (Phi) is 3.25. The second-order valence-electron chi connectivity index (χ2n) is 3.70. The molecular formula is C13H15NO2. The fourth-order valence-corrected chi connectivity index (χ4v) is 1.74. The average Bonchev–Trinajstić information content (AvgIpc) is 2.74. The third-order valence-corrected chi connectivity index (χ3v) is 2.54. The first kappa shape index (κ1) is 10.7. The predicted molar refractivity (Wildman–Crippen MR) is 63.3 cm³/mol. The van der Waals surface area contributed by atoms with Gasteiger partial charge >= 0.3 is 5.97 Å². The molecule has 16 heavy (non-hydrogen) atoms. The summed E-state index contributed by atoms with van der Waals surface area (Å²) in [5.74, 6) is -0.128. The van der Waals surface area contributed by atoms with Crippen LogP contribution in [0.4, 0.5) is 0 Å². The van der Waals surface area contributed by atoms with Gasteiger partial charge in [0.1, 0.15) is 0 Å². The Morgan fingerprint density at radius 1 is 1.38 bits per heavy atom. The van der Waals surface area contributed by atoms with E-state index in [1.54, 1.807) is 0 Å². The van der Waals surface area contributed by atoms with Crippen molar-refractivity contribution < 1.29 is 9.53 Å². The summed E-state index contributed by atoms with van der Waals surface area (Å²) < 4.78 is 4.89. The largest absolute Gasteiger partial charge is 0.466 e. The molecule has 0 spiro atoms. The van der Waals surface area contributed by atoms with E-state index in [0.29, 0.717) is 13.0 Å². The van der Waals surface area contributed by atoms with E-state index in [1.165, 1.54) is 10.9 Å². The molecule has 0 fully saturated rings. The summed E-state index contributed by atoms with van der Waals surface area (Å²) in [6.07, 6.45) is 3.10. The number of ether oxygens (including phenoxy) is 1. The number of benzene rings is 1. The summed E-state index contributed by atoms with van der Waals surface area (Å²) in [6.45, 7) is 2.28. The van der Waals surface area contributed by atoms with Gasteiger partial charge in [-0.05, 0) is 42.5 Å². The van der Waals surface area contributed by atoms with Crippen LogP contribution in [0.1, 0.15) is 18.9 Å². The monoisotopic (exact) mass is 217 g/mol. The second-order valence-corrected chi connectivity index (χ2v) is 3.70. The quantitative estimate of drug-likeness (QED) is 0.800. The second kappa shape index (κ2) is 4.84. The Balaban J connectivity index is 2.01. The van der Waals surface area contributed by atoms with Gasteiger partial charge in [0.2, 0.25) is 0 Å². The fraction of sp³-hybridized carbons (Fsp3) is 0.308. The minimum atomic E-state index is -0.128. The van der Waals surface area contributed by atoms with E-state index >= 15 is 0 Å². The van der Waals surface area contributed by atoms with Crippen LogP contribution in [0.5, 0.6) is 0 Å². The molecule has 0 amide bonds. The van der Waals surface area contributed by atoms with Crippen LogP contribution in [-0.4, -0.2) is 17.6 Å². The fourth-order valence-electron chi connectivity index (χ4n) is 1.74. The van der Waals surface area contributed by atoms with Gasteiger partial charge in [-0.25, -0.2) is 0 Å². The molecule has 1 N–H and O–H groups in total. The van der Waals surface area contributed by atoms with Crippen LogP contribution in [-0.2, 0) is 16.0 Å². The molecule has 0 radical (unpaired) electrons. The van der Waals surface area contributed by atoms with Crippen LogP contribution >= 0.6 is 0 Å². The van der Waals surface area contributed by atoms with Crippen molar-refractivity contribution in [1.82, 2.24) is 4.98 Å². The molecule has 2 rings (SSSR count). The number of aromatic amines is 1. The van der Waals surface area contributed by atoms with Gasteiger partial charge in [-0.15, -0.1) is 0 Å². The number of hydrogen-bond acceptors (Lipinski definition) is 2. The highest BCUT2D eigenvalue weighted by molar-refractivity contribution is 5.80. The molecule has 1 aromatic heterocycles. The van der Waals surface area contributed by atoms with Crippen molar-refractivity contribution in [2.24, 2.45) is 0 Å². The van der Waals surface area contributed by atoms with Crippen molar-refractivity contribution in [2.45, 2.75) is 19.8 Å². The number of fused-ring (bicyclic) bond motifs is 1. The number of hydrogen-bond donors (Lipinski definition) is 1. The summed E-state index contributed by atoms with van der Waals surface area (Å²) in [6, 6.07) is 8.21. The minimum Gasteiger partial charge on any atom is -0.466 e. The number of aromatic nitrogens is 1. The van der Waals surface area contributed by atoms with Gasteiger partial charge in [-0.2, -0.15) is 0 Å². The molecule has 0 unspecified atom stereocenters. The molecule has 3 nitrogen and oxygen atoms in total. The molecule has 2 aromatic rings. The predicted octanol–water partition coefficient (Wildman–Crippen LogP) is 2.66. The maximum Gasteiger partial charge on any atom is 0.306 e. The Morgan fingerprint density at radius 2 is 2.25 bits per heavy atom. The molecule has 0 aliphatic rings. The maximum atomic E-state index is 11.2. The van der Waals surface area contributed by atoms with E-state index in [9.17, 15) is 4.79 Å². The Morgan fingerprint density at radius 3 is 3.06 bits per heavy atom. The summed E-state index contributed by atoms with van der Waals surface area (Å²) in [4.78, 5) is 14.3. The molecule has 84 valence electrons. The molecule has 0 atom stereocenters. The van der Waals surface area contributed by atoms with Crippen LogP contribution < -0.4 is 0 Å². The lowest BCUT2D eigenvalue weighted by Crippen LogP contribution is -2.04. The first-order valence-corrected chi connectivity index (χ1v) is 5.51. The lowest BCUT2D eigenvalue weighted by atomic mass is 10.1. The standard InChI is InChI=1S/C13H15NO2/c1-2-16-13(15)6-4-10-3-5-12-11(9-10)7-8-14-12/h3,5,7-9,14H,2,4,6H2,1H3. The third-order valence-electron chi connectivity index (χ3n) is 2.54. The zero-order chi connectivity index (χ0) is 11.4. The van der Waals surface area contributed by atoms with E-state index in [0.717, 1.165) is 11.9 Å². The zero-order valence-electron chi connectivity index (χ0n) is 9.32. The Hall–Kier alpha value is -1.77. The zero-order valence-corrected chi connectivity index (χ0v) is 9.32. The van der Waals surface area contributed by atoms with Gasteiger partial charge in [-0.3, -0.25) is 4.79 Å². The van der Waals surface area contributed by atoms with Crippen molar-refractivity contribution in [2.75, 3.05) is 6.61 Å². The number of rotatable bonds is 4. The molecule has 0 bridgehead atoms. The van der Waals surface area contributed by atoms with E-state index in [-0.39, 0.29) is 5.97 Å². The normalized spacial score (nSPS) is 10.6. The van der Waals surface area contributed by atoms with E-state index in [2.05, 4.69) is 11.1 Å². The average molecular weight is 217 g/mol. The maximum absolute atomic E-state index is 11.2. The number of esters is 1. The lowest BCUT2D eigenvalue weighted by molar-refractivity contribution is -0.143. The minimum absolute atomic E-state index is 0.128. The van der Waals surface area contributed by atoms with Crippen LogP contribution in [0.2, 0.25) is 0 Å². The molecule has 0 saturated heterocycles. The smallest absolute Gasteiger partial charge is 0.306 e. The molecule has 0 saturated carbocycles. The summed E-state index contributed by atoms with van der Waals surface area (Å²) in [5.41, 5.74) is 2.29. The highest BCUT2D eigenvalue weighted by Gasteiger charge is 2.03. The highest BCUT2D eigenvalue weighted by Crippen LogP contribution is 2.15. The van der Waals surface area contributed by atoms with Crippen LogP contribution in [0.15, 0.2) is 30.5 Å². The van der Waals surface area contributed by atoms with Crippen molar-refractivity contribution >= 4 is 16.9 Å². The topological polar surface area (TPSA) is 42.1 Å². The highest BCUT2D eigenvalue weighted by atomic mass is 16.5. The summed E-state index contributed by atoms with van der Waals surface area (Å²) in [7, 11) is 0. The lowest BCUT2D eigenvalue weighted by Gasteiger charge is -2.02. The van der Waals surface area contributed by atoms with E-state index in [4.69, 9.17) is 4.74 Å². The molecule has 3 heteroatoms. The third kappa shape index (κ3) is 2.42. The van der Waals surface area contributed by atoms with Gasteiger partial charge in [-0.1, -0.05) is 6.07 Å². The molecule has 0 aliphatic heterocycles. The van der Waals surface area contributed by atoms with Crippen molar-refractivity contribution in [3.63, 3.8) is 0 Å². The summed E-state index contributed by atoms with van der Waals surface area (Å²) >= 11 is 0. The molecular weight excluding hydrogens is 202 g/mol. The van der Waals surface area contributed by atoms with E-state index in [1.807, 2.05) is 31.3 Å². The summed E-state index contributed by atoms with van der Waals surface area (Å²) in [5, 5.41) is 1.18. The SMILES string of the molecule is CCOC(=O)CCc1ccc2[nH]ccc2c1. The van der Waals surface area contributed by atoms with Gasteiger partial charge in [0.25, 0.3) is 0 Å². The van der Waals surface area contributed by atoms with E-state index < -0.39 is 0 Å². The van der Waals surface area contributed by atoms with Gasteiger partial charge in [0.15, 0.2) is 0 Å². The van der Waals surface area contributed by atoms with Crippen LogP contribution in [0.25, 0.3) is 10.9 Å². The van der Waals surface area contributed by atoms with Crippen molar-refractivity contribution in [3.8, 4) is 0 Å². The van der Waals surface area contributed by atoms with Crippen molar-refractivity contribution in [1.29, 1.82) is 0 Å². The Labute approximate surface area is 94.4 Å². The number of nitrogens with one attached hydrogen (secondary N) is 1. The first-order chi connectivity index (χ1) is 7.79. The molecule has 1 aromatic carbocycles. The Bertz CT molecular complexity index is 487. The van der Waals surface area contributed by atoms with Crippen molar-refractivity contribution in [3.05, 3.63) is 36.0 Å². The van der Waals surface area contributed by atoms with Crippen LogP contribution in [0, 0.1) is 0 Å². The van der Waals surface area contributed by atoms with Gasteiger partial charge in [0, 0.05) is 18.1 Å².